The molecule has 0 amide bonds. The first-order valence-corrected chi connectivity index (χ1v) is 6.66. The Morgan fingerprint density at radius 1 is 1.47 bits per heavy atom. The fourth-order valence-corrected chi connectivity index (χ4v) is 2.26. The van der Waals surface area contributed by atoms with E-state index in [1.54, 1.807) is 14.0 Å². The van der Waals surface area contributed by atoms with E-state index in [1.807, 2.05) is 6.26 Å². The van der Waals surface area contributed by atoms with Gasteiger partial charge in [0.1, 0.15) is 0 Å². The number of aromatic nitrogens is 4. The van der Waals surface area contributed by atoms with Crippen LogP contribution in [0.2, 0.25) is 0 Å². The van der Waals surface area contributed by atoms with Crippen molar-refractivity contribution in [3.05, 3.63) is 16.0 Å². The summed E-state index contributed by atoms with van der Waals surface area (Å²) in [4.78, 5) is 15.7. The lowest BCUT2D eigenvalue weighted by molar-refractivity contribution is 0.731. The fraction of sp³-hybridized carbons (Fsp3) is 0.375. The number of aryl methyl sites for hydroxylation is 2. The van der Waals surface area contributed by atoms with E-state index >= 15 is 0 Å². The van der Waals surface area contributed by atoms with Crippen molar-refractivity contribution in [1.29, 1.82) is 0 Å². The molecule has 9 heteroatoms. The molecule has 0 fully saturated rings. The van der Waals surface area contributed by atoms with Crippen LogP contribution in [0.3, 0.4) is 0 Å². The summed E-state index contributed by atoms with van der Waals surface area (Å²) in [6.45, 7) is 1.77. The van der Waals surface area contributed by atoms with Crippen molar-refractivity contribution in [1.82, 2.24) is 19.1 Å². The van der Waals surface area contributed by atoms with Gasteiger partial charge in [0.2, 0.25) is 10.3 Å². The standard InChI is InChI=1S/C8H10N6OS2/c1-4-5(6(15)14(2)12-4)10-11-7-9-8(16-3)13-17-7/h12H,1-3H3. The summed E-state index contributed by atoms with van der Waals surface area (Å²) in [7, 11) is 1.63. The topological polar surface area (TPSA) is 88.3 Å². The Hall–Kier alpha value is -1.48. The molecule has 0 saturated heterocycles. The minimum Gasteiger partial charge on any atom is -0.298 e. The summed E-state index contributed by atoms with van der Waals surface area (Å²) in [5.41, 5.74) is 0.769. The molecule has 2 aromatic heterocycles. The van der Waals surface area contributed by atoms with Crippen molar-refractivity contribution in [3.8, 4) is 0 Å². The molecule has 7 nitrogen and oxygen atoms in total. The van der Waals surface area contributed by atoms with Crippen LogP contribution in [0.5, 0.6) is 0 Å². The first-order valence-electron chi connectivity index (χ1n) is 4.67. The van der Waals surface area contributed by atoms with Gasteiger partial charge in [0.25, 0.3) is 5.56 Å². The van der Waals surface area contributed by atoms with Gasteiger partial charge in [-0.05, 0) is 13.2 Å². The largest absolute Gasteiger partial charge is 0.298 e. The van der Waals surface area contributed by atoms with Gasteiger partial charge in [0.05, 0.1) is 5.69 Å². The van der Waals surface area contributed by atoms with Gasteiger partial charge >= 0.3 is 0 Å². The number of nitrogens with zero attached hydrogens (tertiary/aromatic N) is 5. The molecule has 0 spiro atoms. The molecule has 2 rings (SSSR count). The zero-order valence-electron chi connectivity index (χ0n) is 9.46. The second-order valence-electron chi connectivity index (χ2n) is 3.21. The SMILES string of the molecule is CSc1nsc(N=Nc2c(C)[nH]n(C)c2=O)n1. The minimum atomic E-state index is -0.208. The maximum Gasteiger partial charge on any atom is 0.294 e. The highest BCUT2D eigenvalue weighted by atomic mass is 32.2. The summed E-state index contributed by atoms with van der Waals surface area (Å²) in [5.74, 6) is 0. The number of azo groups is 1. The van der Waals surface area contributed by atoms with Gasteiger partial charge in [-0.2, -0.15) is 9.36 Å². The third kappa shape index (κ3) is 2.44. The number of nitrogens with one attached hydrogen (secondary N) is 1. The predicted octanol–water partition coefficient (Wildman–Crippen LogP) is 2.01. The maximum atomic E-state index is 11.6. The summed E-state index contributed by atoms with van der Waals surface area (Å²) in [6.07, 6.45) is 1.88. The normalized spacial score (nSPS) is 11.5. The molecule has 0 bridgehead atoms. The highest BCUT2D eigenvalue weighted by Gasteiger charge is 2.08. The van der Waals surface area contributed by atoms with Gasteiger partial charge in [-0.1, -0.05) is 11.8 Å². The van der Waals surface area contributed by atoms with E-state index in [0.29, 0.717) is 21.7 Å². The van der Waals surface area contributed by atoms with E-state index in [0.717, 1.165) is 11.5 Å². The average Bonchev–Trinajstić information content (AvgIpc) is 2.84. The van der Waals surface area contributed by atoms with Crippen molar-refractivity contribution in [2.45, 2.75) is 12.1 Å². The van der Waals surface area contributed by atoms with Crippen molar-refractivity contribution >= 4 is 34.1 Å². The molecule has 90 valence electrons. The Morgan fingerprint density at radius 3 is 2.76 bits per heavy atom. The maximum absolute atomic E-state index is 11.6. The molecule has 2 heterocycles. The summed E-state index contributed by atoms with van der Waals surface area (Å²) in [6, 6.07) is 0. The second kappa shape index (κ2) is 4.80. The third-order valence-corrected chi connectivity index (χ3v) is 3.28. The third-order valence-electron chi connectivity index (χ3n) is 2.01. The smallest absolute Gasteiger partial charge is 0.294 e. The van der Waals surface area contributed by atoms with Gasteiger partial charge in [0, 0.05) is 18.6 Å². The first kappa shape index (κ1) is 12.0. The Labute approximate surface area is 105 Å². The summed E-state index contributed by atoms with van der Waals surface area (Å²) >= 11 is 2.59. The Balaban J connectivity index is 2.28. The molecule has 0 unspecified atom stereocenters. The van der Waals surface area contributed by atoms with Crippen LogP contribution in [-0.4, -0.2) is 25.4 Å². The fourth-order valence-electron chi connectivity index (χ4n) is 1.21. The number of rotatable bonds is 3. The molecule has 2 aromatic rings. The zero-order valence-corrected chi connectivity index (χ0v) is 11.1. The molecule has 0 aliphatic rings. The second-order valence-corrected chi connectivity index (χ2v) is 4.72. The lowest BCUT2D eigenvalue weighted by Crippen LogP contribution is -2.10. The van der Waals surface area contributed by atoms with Crippen molar-refractivity contribution in [2.75, 3.05) is 6.26 Å². The van der Waals surface area contributed by atoms with Crippen LogP contribution in [0.25, 0.3) is 0 Å². The first-order chi connectivity index (χ1) is 8.11. The van der Waals surface area contributed by atoms with Crippen molar-refractivity contribution in [2.24, 2.45) is 17.3 Å². The van der Waals surface area contributed by atoms with E-state index in [4.69, 9.17) is 0 Å². The van der Waals surface area contributed by atoms with E-state index in [9.17, 15) is 4.79 Å². The summed E-state index contributed by atoms with van der Waals surface area (Å²) in [5, 5.41) is 11.7. The van der Waals surface area contributed by atoms with Gasteiger partial charge in [-0.25, -0.2) is 0 Å². The number of hydrogen-bond acceptors (Lipinski definition) is 7. The lowest BCUT2D eigenvalue weighted by atomic mass is 10.4. The number of H-pyrrole nitrogens is 1. The highest BCUT2D eigenvalue weighted by Crippen LogP contribution is 2.22. The van der Waals surface area contributed by atoms with Gasteiger partial charge in [-0.15, -0.1) is 10.2 Å². The molecule has 0 aliphatic heterocycles. The summed E-state index contributed by atoms with van der Waals surface area (Å²) < 4.78 is 5.40. The average molecular weight is 270 g/mol. The van der Waals surface area contributed by atoms with Crippen LogP contribution in [0.15, 0.2) is 20.2 Å². The predicted molar refractivity (Wildman–Crippen MR) is 66.6 cm³/mol. The Morgan fingerprint density at radius 2 is 2.24 bits per heavy atom. The molecule has 17 heavy (non-hydrogen) atoms. The molecule has 0 atom stereocenters. The molecule has 0 aliphatic carbocycles. The number of aromatic amines is 1. The molecule has 0 radical (unpaired) electrons. The molecular weight excluding hydrogens is 260 g/mol. The van der Waals surface area contributed by atoms with Crippen molar-refractivity contribution < 1.29 is 0 Å². The molecule has 0 aromatic carbocycles. The van der Waals surface area contributed by atoms with Crippen LogP contribution >= 0.6 is 23.3 Å². The Bertz CT molecular complexity index is 610. The highest BCUT2D eigenvalue weighted by molar-refractivity contribution is 7.98. The minimum absolute atomic E-state index is 0.208. The van der Waals surface area contributed by atoms with Crippen LogP contribution in [0.4, 0.5) is 10.8 Å². The Kier molecular flexibility index (Phi) is 3.38. The van der Waals surface area contributed by atoms with Gasteiger partial charge in [-0.3, -0.25) is 14.6 Å². The van der Waals surface area contributed by atoms with E-state index < -0.39 is 0 Å². The van der Waals surface area contributed by atoms with E-state index in [2.05, 4.69) is 24.7 Å². The quantitative estimate of drug-likeness (QED) is 0.682. The van der Waals surface area contributed by atoms with Crippen LogP contribution in [0, 0.1) is 6.92 Å². The van der Waals surface area contributed by atoms with E-state index in [1.165, 1.54) is 16.4 Å². The van der Waals surface area contributed by atoms with Gasteiger partial charge < -0.3 is 0 Å². The monoisotopic (exact) mass is 270 g/mol. The zero-order chi connectivity index (χ0) is 12.4. The lowest BCUT2D eigenvalue weighted by Gasteiger charge is -1.84. The van der Waals surface area contributed by atoms with Crippen LogP contribution in [0.1, 0.15) is 5.69 Å². The molecule has 0 saturated carbocycles. The van der Waals surface area contributed by atoms with E-state index in [-0.39, 0.29) is 5.56 Å². The number of hydrogen-bond donors (Lipinski definition) is 1. The van der Waals surface area contributed by atoms with Crippen LogP contribution < -0.4 is 5.56 Å². The van der Waals surface area contributed by atoms with Gasteiger partial charge in [0.15, 0.2) is 5.69 Å². The molecular formula is C8H10N6OS2. The van der Waals surface area contributed by atoms with Crippen molar-refractivity contribution in [3.63, 3.8) is 0 Å². The number of thioether (sulfide) groups is 1. The molecule has 1 N–H and O–H groups in total. The van der Waals surface area contributed by atoms with Crippen LogP contribution in [-0.2, 0) is 7.05 Å².